The lowest BCUT2D eigenvalue weighted by atomic mass is 10.1. The summed E-state index contributed by atoms with van der Waals surface area (Å²) in [5.41, 5.74) is -2.27. The Hall–Kier alpha value is -4.39. The number of nitrogens with one attached hydrogen (secondary N) is 2. The number of aromatic nitrogens is 1. The summed E-state index contributed by atoms with van der Waals surface area (Å²) in [5.74, 6) is -1.69. The first kappa shape index (κ1) is 32.0. The third kappa shape index (κ3) is 7.30. The maximum atomic E-state index is 14.1. The number of amides is 3. The van der Waals surface area contributed by atoms with Crippen LogP contribution >= 0.6 is 0 Å². The van der Waals surface area contributed by atoms with E-state index in [0.717, 1.165) is 10.8 Å². The fourth-order valence-corrected chi connectivity index (χ4v) is 5.82. The lowest BCUT2D eigenvalue weighted by Gasteiger charge is -2.30. The van der Waals surface area contributed by atoms with Crippen LogP contribution in [0.2, 0.25) is 0 Å². The van der Waals surface area contributed by atoms with Crippen LogP contribution in [0, 0.1) is 5.92 Å². The number of carboxylic acids is 1. The number of pyridine rings is 1. The molecule has 1 saturated heterocycles. The first-order valence-electron chi connectivity index (χ1n) is 15.1. The van der Waals surface area contributed by atoms with Crippen molar-refractivity contribution in [3.8, 4) is 11.6 Å². The summed E-state index contributed by atoms with van der Waals surface area (Å²) in [6.07, 6.45) is 4.64. The lowest BCUT2D eigenvalue weighted by molar-refractivity contribution is -0.145. The number of nitrogens with zero attached hydrogens (tertiary/aromatic N) is 2. The lowest BCUT2D eigenvalue weighted by Crippen LogP contribution is -2.56. The Morgan fingerprint density at radius 1 is 1.22 bits per heavy atom. The number of rotatable bonds is 5. The van der Waals surface area contributed by atoms with Gasteiger partial charge in [-0.15, -0.1) is 0 Å². The maximum Gasteiger partial charge on any atom is 0.408 e. The van der Waals surface area contributed by atoms with Crippen LogP contribution in [0.15, 0.2) is 42.6 Å². The molecule has 0 radical (unpaired) electrons. The van der Waals surface area contributed by atoms with E-state index in [-0.39, 0.29) is 32.4 Å². The number of hydrogen-bond acceptors (Lipinski definition) is 9. The van der Waals surface area contributed by atoms with E-state index in [1.807, 2.05) is 18.2 Å². The van der Waals surface area contributed by atoms with Crippen molar-refractivity contribution in [2.45, 2.75) is 75.8 Å². The van der Waals surface area contributed by atoms with Crippen LogP contribution in [0.3, 0.4) is 0 Å². The quantitative estimate of drug-likeness (QED) is 0.421. The molecule has 2 aromatic rings. The molecule has 3 aliphatic rings. The number of alkyl carbamates (subject to hydrolysis) is 1. The molecule has 3 N–H and O–H groups in total. The Bertz CT molecular complexity index is 1490. The van der Waals surface area contributed by atoms with Gasteiger partial charge in [0.1, 0.15) is 35.1 Å². The van der Waals surface area contributed by atoms with Crippen LogP contribution in [0.4, 0.5) is 4.79 Å². The number of benzene rings is 1. The Morgan fingerprint density at radius 3 is 2.76 bits per heavy atom. The Morgan fingerprint density at radius 2 is 2.02 bits per heavy atom. The van der Waals surface area contributed by atoms with Gasteiger partial charge in [0.25, 0.3) is 0 Å². The maximum absolute atomic E-state index is 14.1. The van der Waals surface area contributed by atoms with Gasteiger partial charge < -0.3 is 39.6 Å². The molecule has 1 aliphatic carbocycles. The van der Waals surface area contributed by atoms with Crippen molar-refractivity contribution in [1.29, 1.82) is 0 Å². The number of hydrogen-bond donors (Lipinski definition) is 3. The number of ether oxygens (including phenoxy) is 4. The minimum atomic E-state index is -1.48. The minimum absolute atomic E-state index is 0.0115. The van der Waals surface area contributed by atoms with Gasteiger partial charge in [-0.1, -0.05) is 12.2 Å². The van der Waals surface area contributed by atoms with Crippen molar-refractivity contribution in [3.63, 3.8) is 0 Å². The van der Waals surface area contributed by atoms with Gasteiger partial charge in [-0.05, 0) is 69.7 Å². The van der Waals surface area contributed by atoms with Crippen LogP contribution in [0.25, 0.3) is 10.8 Å². The van der Waals surface area contributed by atoms with E-state index >= 15 is 0 Å². The highest BCUT2D eigenvalue weighted by molar-refractivity contribution is 5.96. The molecule has 1 aromatic heterocycles. The molecule has 13 heteroatoms. The van der Waals surface area contributed by atoms with Crippen molar-refractivity contribution in [2.75, 3.05) is 26.9 Å². The van der Waals surface area contributed by atoms with E-state index < -0.39 is 59.1 Å². The molecule has 5 unspecified atom stereocenters. The molecule has 3 heterocycles. The molecular weight excluding hydrogens is 584 g/mol. The number of carbonyl (C=O) groups is 4. The standard InChI is InChI=1S/C32H40N4O9/c1-31(2,3)45-30(41)34-24-8-6-14-43-13-5-7-20-17-32(20,29(39)40)35-26(37)25-16-22(18-36(25)28(24)38)44-27-23-10-9-21(42-4)15-19(23)11-12-33-27/h5,7,9-12,15,20,22,24-25H,6,8,13-14,16-18H2,1-4H3,(H,34,41)(H,35,37)(H,39,40)/b7-5+. The van der Waals surface area contributed by atoms with Crippen LogP contribution in [-0.2, 0) is 23.9 Å². The van der Waals surface area contributed by atoms with Gasteiger partial charge in [-0.2, -0.15) is 0 Å². The summed E-state index contributed by atoms with van der Waals surface area (Å²) in [6, 6.07) is 5.20. The van der Waals surface area contributed by atoms with Crippen molar-refractivity contribution in [3.05, 3.63) is 42.6 Å². The van der Waals surface area contributed by atoms with Crippen molar-refractivity contribution in [2.24, 2.45) is 5.92 Å². The van der Waals surface area contributed by atoms with Crippen molar-refractivity contribution >= 4 is 34.6 Å². The molecule has 45 heavy (non-hydrogen) atoms. The van der Waals surface area contributed by atoms with Gasteiger partial charge in [-0.3, -0.25) is 9.59 Å². The van der Waals surface area contributed by atoms with Gasteiger partial charge in [0.2, 0.25) is 17.7 Å². The molecule has 0 bridgehead atoms. The molecule has 242 valence electrons. The second kappa shape index (κ2) is 12.9. The minimum Gasteiger partial charge on any atom is -0.497 e. The van der Waals surface area contributed by atoms with Gasteiger partial charge in [-0.25, -0.2) is 14.6 Å². The van der Waals surface area contributed by atoms with Crippen molar-refractivity contribution < 1.29 is 43.2 Å². The fraction of sp³-hybridized carbons (Fsp3) is 0.531. The summed E-state index contributed by atoms with van der Waals surface area (Å²) in [6.45, 7) is 5.72. The zero-order valence-corrected chi connectivity index (χ0v) is 25.9. The van der Waals surface area contributed by atoms with E-state index in [1.165, 1.54) is 4.90 Å². The highest BCUT2D eigenvalue weighted by atomic mass is 16.6. The molecule has 5 atom stereocenters. The summed E-state index contributed by atoms with van der Waals surface area (Å²) in [4.78, 5) is 58.8. The third-order valence-corrected chi connectivity index (χ3v) is 8.16. The molecule has 2 aliphatic heterocycles. The number of carbonyl (C=O) groups excluding carboxylic acids is 3. The second-order valence-corrected chi connectivity index (χ2v) is 12.6. The molecule has 3 amide bonds. The monoisotopic (exact) mass is 624 g/mol. The Labute approximate surface area is 261 Å². The van der Waals surface area contributed by atoms with Gasteiger partial charge in [0, 0.05) is 30.5 Å². The average Bonchev–Trinajstić information content (AvgIpc) is 3.51. The first-order valence-corrected chi connectivity index (χ1v) is 15.1. The number of aliphatic carboxylic acids is 1. The predicted molar refractivity (Wildman–Crippen MR) is 162 cm³/mol. The fourth-order valence-electron chi connectivity index (χ4n) is 5.82. The average molecular weight is 625 g/mol. The smallest absolute Gasteiger partial charge is 0.408 e. The highest BCUT2D eigenvalue weighted by Gasteiger charge is 2.61. The molecule has 2 fully saturated rings. The molecule has 1 saturated carbocycles. The van der Waals surface area contributed by atoms with E-state index in [1.54, 1.807) is 52.3 Å². The SMILES string of the molecule is COc1ccc2c(OC3CC4C(=O)NC5(C(=O)O)CC5/C=C/COCCCC(NC(=O)OC(C)(C)C)C(=O)N4C3)nccc2c1. The largest absolute Gasteiger partial charge is 0.497 e. The van der Waals surface area contributed by atoms with Crippen molar-refractivity contribution in [1.82, 2.24) is 20.5 Å². The molecule has 0 spiro atoms. The number of fused-ring (bicyclic) bond motifs is 3. The van der Waals surface area contributed by atoms with E-state index in [2.05, 4.69) is 15.6 Å². The summed E-state index contributed by atoms with van der Waals surface area (Å²) in [5, 5.41) is 17.0. The van der Waals surface area contributed by atoms with Crippen LogP contribution < -0.4 is 20.1 Å². The number of carboxylic acid groups (broad SMARTS) is 1. The van der Waals surface area contributed by atoms with E-state index in [4.69, 9.17) is 18.9 Å². The normalized spacial score (nSPS) is 28.0. The topological polar surface area (TPSA) is 166 Å². The van der Waals surface area contributed by atoms with Gasteiger partial charge in [0.15, 0.2) is 0 Å². The van der Waals surface area contributed by atoms with Gasteiger partial charge in [0.05, 0.1) is 20.3 Å². The number of methoxy groups -OCH3 is 1. The molecule has 5 rings (SSSR count). The highest BCUT2D eigenvalue weighted by Crippen LogP contribution is 2.45. The third-order valence-electron chi connectivity index (χ3n) is 8.16. The molecular formula is C32H40N4O9. The first-order chi connectivity index (χ1) is 21.4. The van der Waals surface area contributed by atoms with E-state index in [9.17, 15) is 24.3 Å². The van der Waals surface area contributed by atoms with Gasteiger partial charge >= 0.3 is 12.1 Å². The Kier molecular flexibility index (Phi) is 9.19. The zero-order valence-electron chi connectivity index (χ0n) is 25.9. The molecule has 13 nitrogen and oxygen atoms in total. The summed E-state index contributed by atoms with van der Waals surface area (Å²) in [7, 11) is 1.58. The Balaban J connectivity index is 1.44. The zero-order chi connectivity index (χ0) is 32.4. The summed E-state index contributed by atoms with van der Waals surface area (Å²) >= 11 is 0. The molecule has 1 aromatic carbocycles. The second-order valence-electron chi connectivity index (χ2n) is 12.6. The predicted octanol–water partition coefficient (Wildman–Crippen LogP) is 2.81. The summed E-state index contributed by atoms with van der Waals surface area (Å²) < 4.78 is 22.7. The van der Waals surface area contributed by atoms with Crippen LogP contribution in [-0.4, -0.2) is 95.1 Å². The van der Waals surface area contributed by atoms with Crippen LogP contribution in [0.5, 0.6) is 11.6 Å². The van der Waals surface area contributed by atoms with Crippen LogP contribution in [0.1, 0.15) is 46.5 Å². The van der Waals surface area contributed by atoms with E-state index in [0.29, 0.717) is 24.7 Å².